The first-order valence-corrected chi connectivity index (χ1v) is 11.4. The average molecular weight is 456 g/mol. The molecule has 9 heteroatoms. The molecule has 33 heavy (non-hydrogen) atoms. The third kappa shape index (κ3) is 6.40. The molecule has 1 atom stereocenters. The minimum absolute atomic E-state index is 0.0157. The third-order valence-electron chi connectivity index (χ3n) is 6.11. The molecule has 2 aliphatic rings. The molecule has 2 saturated heterocycles. The van der Waals surface area contributed by atoms with Crippen molar-refractivity contribution in [3.63, 3.8) is 0 Å². The van der Waals surface area contributed by atoms with E-state index >= 15 is 0 Å². The van der Waals surface area contributed by atoms with Gasteiger partial charge in [0.25, 0.3) is 5.91 Å². The maximum absolute atomic E-state index is 12.2. The van der Waals surface area contributed by atoms with Crippen molar-refractivity contribution >= 4 is 11.7 Å². The van der Waals surface area contributed by atoms with Gasteiger partial charge in [-0.05, 0) is 38.1 Å². The number of likely N-dealkylation sites (N-methyl/N-ethyl adjacent to an activating group) is 1. The van der Waals surface area contributed by atoms with Crippen LogP contribution in [-0.4, -0.2) is 96.0 Å². The highest BCUT2D eigenvalue weighted by Crippen LogP contribution is 2.27. The number of hydrogen-bond acceptors (Lipinski definition) is 8. The molecule has 1 unspecified atom stereocenters. The van der Waals surface area contributed by atoms with E-state index in [1.807, 2.05) is 44.3 Å². The van der Waals surface area contributed by atoms with Crippen LogP contribution in [0.3, 0.4) is 0 Å². The second-order valence-electron chi connectivity index (χ2n) is 9.01. The van der Waals surface area contributed by atoms with Gasteiger partial charge in [-0.3, -0.25) is 9.69 Å². The van der Waals surface area contributed by atoms with Crippen molar-refractivity contribution in [1.29, 1.82) is 0 Å². The van der Waals surface area contributed by atoms with Crippen LogP contribution in [0.25, 0.3) is 0 Å². The Bertz CT molecular complexity index is 935. The highest BCUT2D eigenvalue weighted by atomic mass is 16.5. The van der Waals surface area contributed by atoms with Crippen LogP contribution in [-0.2, 0) is 16.1 Å². The van der Waals surface area contributed by atoms with Crippen LogP contribution >= 0.6 is 0 Å². The smallest absolute Gasteiger partial charge is 0.260 e. The number of anilines is 1. The highest BCUT2D eigenvalue weighted by molar-refractivity contribution is 5.77. The summed E-state index contributed by atoms with van der Waals surface area (Å²) in [6, 6.07) is 9.73. The second-order valence-corrected chi connectivity index (χ2v) is 9.01. The Balaban J connectivity index is 1.24. The molecule has 1 aromatic carbocycles. The van der Waals surface area contributed by atoms with E-state index in [1.54, 1.807) is 11.2 Å². The molecule has 2 fully saturated rings. The molecule has 1 amide bonds. The summed E-state index contributed by atoms with van der Waals surface area (Å²) >= 11 is 0. The van der Waals surface area contributed by atoms with Crippen molar-refractivity contribution in [2.45, 2.75) is 25.5 Å². The van der Waals surface area contributed by atoms with E-state index < -0.39 is 5.60 Å². The van der Waals surface area contributed by atoms with Crippen LogP contribution in [0.15, 0.2) is 36.7 Å². The molecule has 1 N–H and O–H groups in total. The fourth-order valence-corrected chi connectivity index (χ4v) is 4.40. The first-order valence-electron chi connectivity index (χ1n) is 11.4. The van der Waals surface area contributed by atoms with Gasteiger partial charge in [0.1, 0.15) is 17.9 Å². The van der Waals surface area contributed by atoms with E-state index in [-0.39, 0.29) is 12.5 Å². The Kier molecular flexibility index (Phi) is 7.42. The molecule has 1 aromatic heterocycles. The Morgan fingerprint density at radius 3 is 2.70 bits per heavy atom. The van der Waals surface area contributed by atoms with E-state index in [9.17, 15) is 9.90 Å². The van der Waals surface area contributed by atoms with Crippen LogP contribution in [0, 0.1) is 6.92 Å². The van der Waals surface area contributed by atoms with Crippen LogP contribution in [0.1, 0.15) is 17.7 Å². The van der Waals surface area contributed by atoms with Gasteiger partial charge in [-0.1, -0.05) is 12.1 Å². The first kappa shape index (κ1) is 23.4. The molecule has 9 nitrogen and oxygen atoms in total. The lowest BCUT2D eigenvalue weighted by Crippen LogP contribution is -2.43. The van der Waals surface area contributed by atoms with Crippen LogP contribution < -0.4 is 9.64 Å². The fourth-order valence-electron chi connectivity index (χ4n) is 4.40. The van der Waals surface area contributed by atoms with Crippen molar-refractivity contribution < 1.29 is 19.4 Å². The van der Waals surface area contributed by atoms with Gasteiger partial charge in [-0.2, -0.15) is 0 Å². The Labute approximate surface area is 194 Å². The summed E-state index contributed by atoms with van der Waals surface area (Å²) in [6.45, 7) is 7.00. The van der Waals surface area contributed by atoms with Crippen molar-refractivity contribution in [3.05, 3.63) is 47.9 Å². The molecule has 178 valence electrons. The van der Waals surface area contributed by atoms with E-state index in [4.69, 9.17) is 9.47 Å². The number of carbonyl (C=O) groups is 1. The van der Waals surface area contributed by atoms with Crippen molar-refractivity contribution in [2.75, 3.05) is 64.5 Å². The Morgan fingerprint density at radius 1 is 1.21 bits per heavy atom. The number of benzene rings is 1. The van der Waals surface area contributed by atoms with Gasteiger partial charge >= 0.3 is 0 Å². The predicted octanol–water partition coefficient (Wildman–Crippen LogP) is 1.10. The van der Waals surface area contributed by atoms with Crippen LogP contribution in [0.5, 0.6) is 5.75 Å². The van der Waals surface area contributed by atoms with Gasteiger partial charge < -0.3 is 24.4 Å². The van der Waals surface area contributed by atoms with E-state index in [0.29, 0.717) is 58.1 Å². The van der Waals surface area contributed by atoms with Crippen LogP contribution in [0.4, 0.5) is 5.82 Å². The number of carbonyl (C=O) groups excluding carboxylic acids is 1. The topological polar surface area (TPSA) is 91.3 Å². The molecule has 0 spiro atoms. The summed E-state index contributed by atoms with van der Waals surface area (Å²) in [6.07, 6.45) is 2.27. The lowest BCUT2D eigenvalue weighted by molar-refractivity contribution is -0.137. The number of aliphatic hydroxyl groups is 1. The number of morpholine rings is 1. The van der Waals surface area contributed by atoms with Gasteiger partial charge in [0.15, 0.2) is 6.61 Å². The van der Waals surface area contributed by atoms with E-state index in [2.05, 4.69) is 19.8 Å². The summed E-state index contributed by atoms with van der Waals surface area (Å²) in [5.41, 5.74) is 1.26. The van der Waals surface area contributed by atoms with Crippen LogP contribution in [0.2, 0.25) is 0 Å². The molecule has 4 rings (SSSR count). The largest absolute Gasteiger partial charge is 0.484 e. The predicted molar refractivity (Wildman–Crippen MR) is 124 cm³/mol. The molecule has 2 aliphatic heterocycles. The molecule has 0 bridgehead atoms. The Hall–Kier alpha value is -2.75. The monoisotopic (exact) mass is 455 g/mol. The normalized spacial score (nSPS) is 21.0. The van der Waals surface area contributed by atoms with E-state index in [0.717, 1.165) is 23.6 Å². The SMILES string of the molecule is Cc1cc(N2CCC(O)(CN(C)Cc3ccc(OCC(=O)N4CCOCC4)cc3)C2)ncn1. The number of ether oxygens (including phenoxy) is 2. The third-order valence-corrected chi connectivity index (χ3v) is 6.11. The zero-order valence-corrected chi connectivity index (χ0v) is 19.4. The number of rotatable bonds is 8. The van der Waals surface area contributed by atoms with Crippen molar-refractivity contribution in [2.24, 2.45) is 0 Å². The number of aryl methyl sites for hydroxylation is 1. The first-order chi connectivity index (χ1) is 15.9. The van der Waals surface area contributed by atoms with Gasteiger partial charge in [0.2, 0.25) is 0 Å². The molecule has 0 radical (unpaired) electrons. The van der Waals surface area contributed by atoms with Gasteiger partial charge in [-0.15, -0.1) is 0 Å². The van der Waals surface area contributed by atoms with Gasteiger partial charge in [0, 0.05) is 51.0 Å². The molecular formula is C24H33N5O4. The number of amides is 1. The number of nitrogens with zero attached hydrogens (tertiary/aromatic N) is 5. The van der Waals surface area contributed by atoms with Crippen molar-refractivity contribution in [3.8, 4) is 5.75 Å². The summed E-state index contributed by atoms with van der Waals surface area (Å²) in [4.78, 5) is 26.7. The highest BCUT2D eigenvalue weighted by Gasteiger charge is 2.37. The number of hydrogen-bond donors (Lipinski definition) is 1. The minimum atomic E-state index is -0.781. The zero-order valence-electron chi connectivity index (χ0n) is 19.4. The quantitative estimate of drug-likeness (QED) is 0.633. The molecule has 3 heterocycles. The number of aromatic nitrogens is 2. The fraction of sp³-hybridized carbons (Fsp3) is 0.542. The van der Waals surface area contributed by atoms with Gasteiger partial charge in [-0.25, -0.2) is 9.97 Å². The van der Waals surface area contributed by atoms with Gasteiger partial charge in [0.05, 0.1) is 18.8 Å². The molecule has 0 aliphatic carbocycles. The summed E-state index contributed by atoms with van der Waals surface area (Å²) in [5.74, 6) is 1.52. The lowest BCUT2D eigenvalue weighted by Gasteiger charge is -2.29. The number of β-amino-alcohol motifs (C(OH)–C–C–N with tert-alkyl or cyclic N) is 1. The van der Waals surface area contributed by atoms with Crippen molar-refractivity contribution in [1.82, 2.24) is 19.8 Å². The standard InChI is InChI=1S/C24H33N5O4/c1-19-13-22(26-18-25-19)29-8-7-24(31,17-29)16-27(2)14-20-3-5-21(6-4-20)33-15-23(30)28-9-11-32-12-10-28/h3-6,13,18,31H,7-12,14-17H2,1-2H3. The minimum Gasteiger partial charge on any atom is -0.484 e. The summed E-state index contributed by atoms with van der Waals surface area (Å²) in [5, 5.41) is 11.1. The maximum Gasteiger partial charge on any atom is 0.260 e. The maximum atomic E-state index is 12.2. The molecule has 2 aromatic rings. The zero-order chi connectivity index (χ0) is 23.3. The molecular weight excluding hydrogens is 422 g/mol. The molecule has 0 saturated carbocycles. The Morgan fingerprint density at radius 2 is 1.97 bits per heavy atom. The average Bonchev–Trinajstić information content (AvgIpc) is 3.20. The second kappa shape index (κ2) is 10.5. The van der Waals surface area contributed by atoms with E-state index in [1.165, 1.54) is 0 Å². The summed E-state index contributed by atoms with van der Waals surface area (Å²) in [7, 11) is 2.01. The lowest BCUT2D eigenvalue weighted by atomic mass is 10.0. The summed E-state index contributed by atoms with van der Waals surface area (Å²) < 4.78 is 10.9.